The molecule has 0 heterocycles. The molecule has 4 N–H and O–H groups in total. The van der Waals surface area contributed by atoms with Crippen LogP contribution in [0.25, 0.3) is 0 Å². The molecule has 0 saturated heterocycles. The van der Waals surface area contributed by atoms with Gasteiger partial charge in [0.1, 0.15) is 0 Å². The number of hydrogen-bond acceptors (Lipinski definition) is 6. The maximum atomic E-state index is 10.8. The molecule has 0 aliphatic carbocycles. The average molecular weight is 699 g/mol. The van der Waals surface area contributed by atoms with Crippen molar-refractivity contribution < 1.29 is 70.1 Å². The molecule has 10 nitrogen and oxygen atoms in total. The third kappa shape index (κ3) is 27.8. The Balaban J connectivity index is -0.000000727. The van der Waals surface area contributed by atoms with Gasteiger partial charge in [0, 0.05) is 13.2 Å². The van der Waals surface area contributed by atoms with Crippen molar-refractivity contribution in [2.75, 3.05) is 13.2 Å². The molecule has 11 heteroatoms. The van der Waals surface area contributed by atoms with Gasteiger partial charge in [-0.25, -0.2) is 13.2 Å². The number of rotatable bonds is 28. The van der Waals surface area contributed by atoms with Crippen molar-refractivity contribution in [3.05, 3.63) is 13.2 Å². The van der Waals surface area contributed by atoms with Crippen LogP contribution < -0.4 is 0 Å². The zero-order chi connectivity index (χ0) is 32.2. The number of unbranched alkanes of at least 4 members (excludes halogenated alkanes) is 4. The molecule has 43 heavy (non-hydrogen) atoms. The van der Waals surface area contributed by atoms with Gasteiger partial charge in [-0.3, -0.25) is 19.2 Å². The molecule has 0 saturated carbocycles. The Morgan fingerprint density at radius 1 is 0.488 bits per heavy atom. The van der Waals surface area contributed by atoms with Gasteiger partial charge in [0.15, 0.2) is 0 Å². The van der Waals surface area contributed by atoms with E-state index in [0.29, 0.717) is 64.6 Å². The van der Waals surface area contributed by atoms with Gasteiger partial charge in [0.25, 0.3) is 0 Å². The third-order valence-electron chi connectivity index (χ3n) is 7.48. The average Bonchev–Trinajstić information content (AvgIpc) is 2.94. The minimum atomic E-state index is -0.720. The van der Waals surface area contributed by atoms with E-state index in [1.807, 2.05) is 27.7 Å². The van der Waals surface area contributed by atoms with Gasteiger partial charge >= 0.3 is 44.9 Å². The summed E-state index contributed by atoms with van der Waals surface area (Å²) in [4.78, 5) is 43.3. The van der Waals surface area contributed by atoms with Crippen LogP contribution in [-0.2, 0) is 49.7 Å². The molecule has 0 amide bonds. The molecule has 0 aromatic rings. The van der Waals surface area contributed by atoms with E-state index >= 15 is 0 Å². The van der Waals surface area contributed by atoms with Crippen molar-refractivity contribution in [3.8, 4) is 0 Å². The summed E-state index contributed by atoms with van der Waals surface area (Å²) in [6, 6.07) is 0. The summed E-state index contributed by atoms with van der Waals surface area (Å²) < 4.78 is 10.7. The molecule has 0 spiro atoms. The minimum Gasteiger partial charge on any atom is -0.552 e. The molecule has 0 aliphatic heterocycles. The first kappa shape index (κ1) is 45.9. The summed E-state index contributed by atoms with van der Waals surface area (Å²) >= 11 is 0. The molecule has 4 atom stereocenters. The van der Waals surface area contributed by atoms with Gasteiger partial charge in [-0.15, -0.1) is 0 Å². The summed E-state index contributed by atoms with van der Waals surface area (Å²) in [5, 5.41) is 35.6. The predicted octanol–water partition coefficient (Wildman–Crippen LogP) is 7.45. The van der Waals surface area contributed by atoms with E-state index in [1.54, 1.807) is 13.2 Å². The molecule has 0 aromatic heterocycles. The van der Waals surface area contributed by atoms with E-state index in [9.17, 15) is 19.2 Å². The van der Waals surface area contributed by atoms with Crippen LogP contribution in [-0.4, -0.2) is 57.5 Å². The van der Waals surface area contributed by atoms with Gasteiger partial charge in [0.05, 0.1) is 23.7 Å². The number of carboxylic acids is 4. The molecule has 0 rings (SSSR count). The molecule has 0 aromatic carbocycles. The number of carbonyl (C=O) groups is 4. The number of carboxylic acid groups (broad SMARTS) is 4. The second-order valence-electron chi connectivity index (χ2n) is 10.7. The number of ether oxygens (including phenoxy) is 2. The van der Waals surface area contributed by atoms with E-state index in [0.717, 1.165) is 51.4 Å². The normalized spacial score (nSPS) is 13.5. The Morgan fingerprint density at radius 2 is 0.744 bits per heavy atom. The van der Waals surface area contributed by atoms with Gasteiger partial charge < -0.3 is 29.9 Å². The van der Waals surface area contributed by atoms with E-state index in [1.165, 1.54) is 0 Å². The Morgan fingerprint density at radius 3 is 0.977 bits per heavy atom. The number of hydrogen-bond donors (Lipinski definition) is 4. The monoisotopic (exact) mass is 700 g/mol. The quantitative estimate of drug-likeness (QED) is 0.0366. The van der Waals surface area contributed by atoms with Crippen LogP contribution in [0.15, 0.2) is 0 Å². The molecule has 0 bridgehead atoms. The van der Waals surface area contributed by atoms with Crippen molar-refractivity contribution in [2.45, 2.75) is 130 Å². The van der Waals surface area contributed by atoms with E-state index in [4.69, 9.17) is 29.9 Å². The molecule has 252 valence electrons. The minimum absolute atomic E-state index is 0. The molecule has 0 radical (unpaired) electrons. The summed E-state index contributed by atoms with van der Waals surface area (Å²) in [5.41, 5.74) is 0. The fourth-order valence-corrected chi connectivity index (χ4v) is 4.39. The Labute approximate surface area is 273 Å². The first-order valence-electron chi connectivity index (χ1n) is 15.8. The fourth-order valence-electron chi connectivity index (χ4n) is 4.39. The smallest absolute Gasteiger partial charge is 0.552 e. The SMILES string of the molecule is CCC(CCC[CH-]OCCCCC(CC)C(=O)O)C(=O)O.CCC(CCC[CH-]OCCCCC(CC)C(=O)O)C(=O)O.[Mo+2]. The molecule has 4 unspecified atom stereocenters. The molecule has 0 fully saturated rings. The Hall–Kier alpha value is -1.51. The Bertz CT molecular complexity index is 590. The van der Waals surface area contributed by atoms with Crippen LogP contribution in [0.5, 0.6) is 0 Å². The van der Waals surface area contributed by atoms with Crippen molar-refractivity contribution in [1.82, 2.24) is 0 Å². The summed E-state index contributed by atoms with van der Waals surface area (Å²) in [6.45, 7) is 12.2. The first-order valence-corrected chi connectivity index (χ1v) is 15.8. The summed E-state index contributed by atoms with van der Waals surface area (Å²) in [5.74, 6) is -3.85. The largest absolute Gasteiger partial charge is 2.00 e. The Kier molecular flexibility index (Phi) is 34.1. The molecule has 0 aliphatic rings. The maximum absolute atomic E-state index is 10.8. The van der Waals surface area contributed by atoms with Gasteiger partial charge in [-0.2, -0.15) is 12.8 Å². The first-order chi connectivity index (χ1) is 20.0. The predicted molar refractivity (Wildman–Crippen MR) is 162 cm³/mol. The van der Waals surface area contributed by atoms with Crippen LogP contribution in [0.2, 0.25) is 0 Å². The van der Waals surface area contributed by atoms with E-state index < -0.39 is 23.9 Å². The van der Waals surface area contributed by atoms with Crippen molar-refractivity contribution >= 4 is 23.9 Å². The third-order valence-corrected chi connectivity index (χ3v) is 7.48. The van der Waals surface area contributed by atoms with Crippen molar-refractivity contribution in [1.29, 1.82) is 0 Å². The second-order valence-corrected chi connectivity index (χ2v) is 10.7. The fraction of sp³-hybridized carbons (Fsp3) is 0.812. The van der Waals surface area contributed by atoms with Gasteiger partial charge in [-0.05, 0) is 64.2 Å². The van der Waals surface area contributed by atoms with E-state index in [-0.39, 0.29) is 44.7 Å². The zero-order valence-electron chi connectivity index (χ0n) is 26.8. The summed E-state index contributed by atoms with van der Waals surface area (Å²) in [6.07, 6.45) is 12.0. The van der Waals surface area contributed by atoms with Gasteiger partial charge in [0.2, 0.25) is 0 Å². The van der Waals surface area contributed by atoms with Crippen molar-refractivity contribution in [2.24, 2.45) is 23.7 Å². The standard InChI is InChI=1S/2C16H29O5.Mo/c2*1-3-13(15(17)18)9-5-7-11-21-12-8-6-10-14(4-2)16(19)20;/h2*11,13-14H,3-10,12H2,1-2H3,(H,17,18)(H,19,20);/q2*-1;+2. The van der Waals surface area contributed by atoms with Crippen LogP contribution in [0.1, 0.15) is 130 Å². The van der Waals surface area contributed by atoms with Crippen LogP contribution in [0.3, 0.4) is 0 Å². The molecular weight excluding hydrogens is 640 g/mol. The maximum Gasteiger partial charge on any atom is 2.00 e. The molecular formula is C32H58MoO10. The zero-order valence-corrected chi connectivity index (χ0v) is 28.8. The topological polar surface area (TPSA) is 168 Å². The van der Waals surface area contributed by atoms with Crippen LogP contribution in [0, 0.1) is 36.9 Å². The van der Waals surface area contributed by atoms with Gasteiger partial charge in [-0.1, -0.05) is 53.4 Å². The van der Waals surface area contributed by atoms with Crippen LogP contribution in [0.4, 0.5) is 0 Å². The second kappa shape index (κ2) is 31.9. The number of aliphatic carboxylic acids is 4. The van der Waals surface area contributed by atoms with E-state index in [2.05, 4.69) is 0 Å². The van der Waals surface area contributed by atoms with Crippen LogP contribution >= 0.6 is 0 Å². The van der Waals surface area contributed by atoms with Crippen molar-refractivity contribution in [3.63, 3.8) is 0 Å². The summed E-state index contributed by atoms with van der Waals surface area (Å²) in [7, 11) is 0.